The maximum absolute atomic E-state index is 11.1. The Morgan fingerprint density at radius 3 is 2.89 bits per heavy atom. The van der Waals surface area contributed by atoms with Gasteiger partial charge in [0, 0.05) is 11.5 Å². The van der Waals surface area contributed by atoms with E-state index in [1.807, 2.05) is 26.0 Å². The number of esters is 1. The van der Waals surface area contributed by atoms with Gasteiger partial charge in [0.15, 0.2) is 0 Å². The van der Waals surface area contributed by atoms with E-state index in [-0.39, 0.29) is 5.41 Å². The average Bonchev–Trinajstić information content (AvgIpc) is 2.80. The number of aliphatic hydroxyl groups excluding tert-OH is 1. The fourth-order valence-corrected chi connectivity index (χ4v) is 1.74. The van der Waals surface area contributed by atoms with E-state index in [2.05, 4.69) is 0 Å². The number of hydrogen-bond acceptors (Lipinski definition) is 4. The maximum atomic E-state index is 11.1. The first-order valence-electron chi connectivity index (χ1n) is 6.02. The van der Waals surface area contributed by atoms with Gasteiger partial charge in [0.25, 0.3) is 0 Å². The second kappa shape index (κ2) is 6.40. The lowest BCUT2D eigenvalue weighted by Crippen LogP contribution is -2.23. The Kier molecular flexibility index (Phi) is 5.16. The Hall–Kier alpha value is -1.55. The van der Waals surface area contributed by atoms with Gasteiger partial charge in [-0.15, -0.1) is 0 Å². The Labute approximate surface area is 107 Å². The van der Waals surface area contributed by atoms with Crippen LogP contribution in [0.2, 0.25) is 0 Å². The number of carbonyl (C=O) groups excluding carboxylic acids is 1. The molecule has 1 atom stereocenters. The topological polar surface area (TPSA) is 59.7 Å². The molecule has 0 aromatic carbocycles. The predicted molar refractivity (Wildman–Crippen MR) is 68.1 cm³/mol. The van der Waals surface area contributed by atoms with Crippen LogP contribution in [0.25, 0.3) is 0 Å². The van der Waals surface area contributed by atoms with Crippen molar-refractivity contribution in [3.05, 3.63) is 36.3 Å². The van der Waals surface area contributed by atoms with Gasteiger partial charge in [-0.1, -0.05) is 13.8 Å². The summed E-state index contributed by atoms with van der Waals surface area (Å²) in [6, 6.07) is 3.69. The average molecular weight is 252 g/mol. The van der Waals surface area contributed by atoms with Crippen LogP contribution in [0, 0.1) is 0 Å². The number of aliphatic hydroxyl groups is 1. The van der Waals surface area contributed by atoms with E-state index in [0.29, 0.717) is 13.0 Å². The minimum absolute atomic E-state index is 0.290. The quantitative estimate of drug-likeness (QED) is 0.624. The zero-order chi connectivity index (χ0) is 13.6. The summed E-state index contributed by atoms with van der Waals surface area (Å²) in [4.78, 5) is 11.1. The van der Waals surface area contributed by atoms with E-state index < -0.39 is 12.1 Å². The summed E-state index contributed by atoms with van der Waals surface area (Å²) in [5.41, 5.74) is -0.290. The van der Waals surface area contributed by atoms with Crippen LogP contribution in [0.1, 0.15) is 33.0 Å². The van der Waals surface area contributed by atoms with Gasteiger partial charge in [-0.2, -0.15) is 0 Å². The summed E-state index contributed by atoms with van der Waals surface area (Å²) in [6.45, 7) is 6.03. The minimum Gasteiger partial charge on any atom is -0.469 e. The molecule has 1 heterocycles. The Morgan fingerprint density at radius 1 is 1.61 bits per heavy atom. The summed E-state index contributed by atoms with van der Waals surface area (Å²) >= 11 is 0. The fraction of sp³-hybridized carbons (Fsp3) is 0.500. The second-order valence-electron chi connectivity index (χ2n) is 4.74. The Morgan fingerprint density at radius 2 is 2.33 bits per heavy atom. The molecule has 0 aliphatic heterocycles. The zero-order valence-corrected chi connectivity index (χ0v) is 11.1. The van der Waals surface area contributed by atoms with E-state index in [9.17, 15) is 9.90 Å². The third kappa shape index (κ3) is 4.37. The van der Waals surface area contributed by atoms with Crippen molar-refractivity contribution in [2.45, 2.75) is 38.7 Å². The first-order chi connectivity index (χ1) is 8.45. The standard InChI is InChI=1S/C14H20O4/c1-4-17-13(16)8-7-11(15)10-14(2,3)12-6-5-9-18-12/h5-9,11,15H,4,10H2,1-3H3/b8-7+. The van der Waals surface area contributed by atoms with Crippen LogP contribution < -0.4 is 0 Å². The monoisotopic (exact) mass is 252 g/mol. The second-order valence-corrected chi connectivity index (χ2v) is 4.74. The molecule has 0 radical (unpaired) electrons. The van der Waals surface area contributed by atoms with Crippen LogP contribution in [-0.4, -0.2) is 23.8 Å². The van der Waals surface area contributed by atoms with Gasteiger partial charge < -0.3 is 14.3 Å². The molecule has 1 N–H and O–H groups in total. The van der Waals surface area contributed by atoms with Gasteiger partial charge in [-0.25, -0.2) is 4.79 Å². The highest BCUT2D eigenvalue weighted by molar-refractivity contribution is 5.81. The van der Waals surface area contributed by atoms with Crippen molar-refractivity contribution in [3.63, 3.8) is 0 Å². The highest BCUT2D eigenvalue weighted by Gasteiger charge is 2.26. The van der Waals surface area contributed by atoms with E-state index in [4.69, 9.17) is 9.15 Å². The summed E-state index contributed by atoms with van der Waals surface area (Å²) in [5.74, 6) is 0.374. The van der Waals surface area contributed by atoms with Crippen LogP contribution in [0.4, 0.5) is 0 Å². The van der Waals surface area contributed by atoms with Crippen molar-refractivity contribution >= 4 is 5.97 Å². The van der Waals surface area contributed by atoms with Crippen LogP contribution in [0.5, 0.6) is 0 Å². The molecule has 4 heteroatoms. The predicted octanol–water partition coefficient (Wildman–Crippen LogP) is 2.43. The lowest BCUT2D eigenvalue weighted by Gasteiger charge is -2.23. The highest BCUT2D eigenvalue weighted by Crippen LogP contribution is 2.28. The van der Waals surface area contributed by atoms with Crippen molar-refractivity contribution in [2.75, 3.05) is 6.61 Å². The largest absolute Gasteiger partial charge is 0.469 e. The van der Waals surface area contributed by atoms with E-state index in [0.717, 1.165) is 5.76 Å². The third-order valence-electron chi connectivity index (χ3n) is 2.65. The smallest absolute Gasteiger partial charge is 0.330 e. The van der Waals surface area contributed by atoms with Crippen LogP contribution >= 0.6 is 0 Å². The molecule has 1 unspecified atom stereocenters. The normalized spacial score (nSPS) is 13.8. The number of rotatable bonds is 6. The van der Waals surface area contributed by atoms with Crippen LogP contribution in [-0.2, 0) is 14.9 Å². The molecule has 0 saturated carbocycles. The summed E-state index contributed by atoms with van der Waals surface area (Å²) in [7, 11) is 0. The number of hydrogen-bond donors (Lipinski definition) is 1. The van der Waals surface area contributed by atoms with Gasteiger partial charge >= 0.3 is 5.97 Å². The molecule has 4 nitrogen and oxygen atoms in total. The SMILES string of the molecule is CCOC(=O)/C=C/C(O)CC(C)(C)c1ccco1. The van der Waals surface area contributed by atoms with Crippen molar-refractivity contribution < 1.29 is 19.1 Å². The number of carbonyl (C=O) groups is 1. The molecule has 0 bridgehead atoms. The van der Waals surface area contributed by atoms with Crippen molar-refractivity contribution in [2.24, 2.45) is 0 Å². The Bertz CT molecular complexity index is 390. The lowest BCUT2D eigenvalue weighted by molar-refractivity contribution is -0.137. The summed E-state index contributed by atoms with van der Waals surface area (Å²) in [6.07, 6.45) is 4.07. The highest BCUT2D eigenvalue weighted by atomic mass is 16.5. The van der Waals surface area contributed by atoms with E-state index >= 15 is 0 Å². The molecule has 0 fully saturated rings. The molecule has 0 amide bonds. The molecule has 0 aliphatic rings. The fourth-order valence-electron chi connectivity index (χ4n) is 1.74. The Balaban J connectivity index is 2.54. The molecule has 0 spiro atoms. The van der Waals surface area contributed by atoms with Crippen LogP contribution in [0.15, 0.2) is 35.0 Å². The molecule has 1 aromatic rings. The molecular weight excluding hydrogens is 232 g/mol. The third-order valence-corrected chi connectivity index (χ3v) is 2.65. The van der Waals surface area contributed by atoms with Crippen molar-refractivity contribution in [3.8, 4) is 0 Å². The van der Waals surface area contributed by atoms with Gasteiger partial charge in [0.2, 0.25) is 0 Å². The summed E-state index contributed by atoms with van der Waals surface area (Å²) < 4.78 is 10.1. The molecular formula is C14H20O4. The molecule has 0 saturated heterocycles. The van der Waals surface area contributed by atoms with Gasteiger partial charge in [-0.3, -0.25) is 0 Å². The van der Waals surface area contributed by atoms with Gasteiger partial charge in [-0.05, 0) is 31.6 Å². The number of ether oxygens (including phenoxy) is 1. The number of furan rings is 1. The van der Waals surface area contributed by atoms with E-state index in [1.165, 1.54) is 12.2 Å². The molecule has 1 rings (SSSR count). The molecule has 18 heavy (non-hydrogen) atoms. The lowest BCUT2D eigenvalue weighted by atomic mass is 9.84. The van der Waals surface area contributed by atoms with Gasteiger partial charge in [0.05, 0.1) is 19.0 Å². The first kappa shape index (κ1) is 14.5. The molecule has 0 aliphatic carbocycles. The first-order valence-corrected chi connectivity index (χ1v) is 6.02. The molecule has 1 aromatic heterocycles. The minimum atomic E-state index is -0.713. The van der Waals surface area contributed by atoms with Crippen molar-refractivity contribution in [1.82, 2.24) is 0 Å². The van der Waals surface area contributed by atoms with Gasteiger partial charge in [0.1, 0.15) is 5.76 Å². The zero-order valence-electron chi connectivity index (χ0n) is 11.1. The van der Waals surface area contributed by atoms with E-state index in [1.54, 1.807) is 13.2 Å². The molecule has 100 valence electrons. The summed E-state index contributed by atoms with van der Waals surface area (Å²) in [5, 5.41) is 9.86. The maximum Gasteiger partial charge on any atom is 0.330 e. The van der Waals surface area contributed by atoms with Crippen molar-refractivity contribution in [1.29, 1.82) is 0 Å². The van der Waals surface area contributed by atoms with Crippen LogP contribution in [0.3, 0.4) is 0 Å².